The summed E-state index contributed by atoms with van der Waals surface area (Å²) in [4.78, 5) is 0. The smallest absolute Gasteiger partial charge is 0.216 e. The van der Waals surface area contributed by atoms with Crippen LogP contribution in [0.15, 0.2) is 89.5 Å². The van der Waals surface area contributed by atoms with Gasteiger partial charge in [0.1, 0.15) is 18.2 Å². The number of aryl methyl sites for hydroxylation is 5. The zero-order chi connectivity index (χ0) is 38.3. The van der Waals surface area contributed by atoms with E-state index in [2.05, 4.69) is 0 Å². The average Bonchev–Trinajstić information content (AvgIpc) is 3.41. The summed E-state index contributed by atoms with van der Waals surface area (Å²) in [6.07, 6.45) is 1.40. The van der Waals surface area contributed by atoms with E-state index >= 15 is 0 Å². The summed E-state index contributed by atoms with van der Waals surface area (Å²) in [5.74, 6) is -2.00. The zero-order valence-electron chi connectivity index (χ0n) is 34.9. The molecule has 0 unspecified atom stereocenters. The molecular weight excluding hydrogens is 515 g/mol. The molecule has 0 radical (unpaired) electrons. The summed E-state index contributed by atoms with van der Waals surface area (Å²) >= 11 is 0. The lowest BCUT2D eigenvalue weighted by atomic mass is 9.90. The number of rotatable bonds is 5. The second-order valence-electron chi connectivity index (χ2n) is 11.7. The minimum absolute atomic E-state index is 0.0538. The van der Waals surface area contributed by atoms with Gasteiger partial charge in [0.05, 0.1) is 5.56 Å². The maximum absolute atomic E-state index is 8.99. The molecule has 41 heavy (non-hydrogen) atoms. The Morgan fingerprint density at radius 3 is 2.12 bits per heavy atom. The zero-order valence-corrected chi connectivity index (χ0v) is 24.9. The number of aromatic nitrogens is 1. The molecule has 4 aromatic carbocycles. The first-order chi connectivity index (χ1) is 23.9. The summed E-state index contributed by atoms with van der Waals surface area (Å²) in [5.41, 5.74) is 3.48. The van der Waals surface area contributed by atoms with Crippen LogP contribution in [0.4, 0.5) is 0 Å². The van der Waals surface area contributed by atoms with Crippen LogP contribution in [0.25, 0.3) is 55.4 Å². The van der Waals surface area contributed by atoms with Crippen molar-refractivity contribution in [3.05, 3.63) is 113 Å². The number of hydrogen-bond donors (Lipinski definition) is 0. The fraction of sp³-hybridized carbons (Fsp3) is 0.237. The molecule has 6 aromatic rings. The molecule has 0 atom stereocenters. The fourth-order valence-electron chi connectivity index (χ4n) is 5.67. The highest BCUT2D eigenvalue weighted by atomic mass is 28.3. The van der Waals surface area contributed by atoms with Gasteiger partial charge in [-0.1, -0.05) is 98.0 Å². The highest BCUT2D eigenvalue weighted by Gasteiger charge is 2.25. The van der Waals surface area contributed by atoms with E-state index < -0.39 is 45.8 Å². The van der Waals surface area contributed by atoms with Crippen molar-refractivity contribution in [2.75, 3.05) is 0 Å². The van der Waals surface area contributed by atoms with E-state index in [0.717, 1.165) is 27.5 Å². The normalized spacial score (nSPS) is 17.2. The summed E-state index contributed by atoms with van der Waals surface area (Å²) < 4.78 is 103. The number of benzene rings is 4. The molecule has 2 heterocycles. The molecule has 0 aliphatic carbocycles. The molecule has 0 saturated carbocycles. The number of pyridine rings is 1. The Labute approximate surface area is 260 Å². The molecule has 0 N–H and O–H groups in total. The number of para-hydroxylation sites is 1. The highest BCUT2D eigenvalue weighted by Crippen LogP contribution is 2.41. The van der Waals surface area contributed by atoms with Gasteiger partial charge in [-0.2, -0.15) is 0 Å². The van der Waals surface area contributed by atoms with Crippen molar-refractivity contribution in [3.8, 4) is 33.5 Å². The van der Waals surface area contributed by atoms with Gasteiger partial charge in [-0.3, -0.25) is 0 Å². The molecule has 6 rings (SSSR count). The van der Waals surface area contributed by atoms with E-state index in [1.54, 1.807) is 37.3 Å². The van der Waals surface area contributed by atoms with E-state index in [-0.39, 0.29) is 22.3 Å². The topological polar surface area (TPSA) is 17.0 Å². The number of fused-ring (bicyclic) bond motifs is 3. The molecular formula is C38H40NOSi+. The van der Waals surface area contributed by atoms with Gasteiger partial charge in [0, 0.05) is 51.1 Å². The van der Waals surface area contributed by atoms with Gasteiger partial charge in [0.25, 0.3) is 0 Å². The van der Waals surface area contributed by atoms with Crippen molar-refractivity contribution in [2.45, 2.75) is 53.1 Å². The molecule has 0 aliphatic heterocycles. The van der Waals surface area contributed by atoms with Crippen LogP contribution in [-0.2, 0) is 13.0 Å². The van der Waals surface area contributed by atoms with Crippen molar-refractivity contribution in [3.63, 3.8) is 0 Å². The lowest BCUT2D eigenvalue weighted by Gasteiger charge is -2.19. The Balaban J connectivity index is 1.75. The average molecular weight is 566 g/mol. The van der Waals surface area contributed by atoms with Crippen LogP contribution in [0.3, 0.4) is 0 Å². The molecule has 0 bridgehead atoms. The van der Waals surface area contributed by atoms with Gasteiger partial charge in [0.15, 0.2) is 6.20 Å². The first kappa shape index (κ1) is 17.1. The summed E-state index contributed by atoms with van der Waals surface area (Å²) in [5, 5.41) is 1.69. The van der Waals surface area contributed by atoms with E-state index in [9.17, 15) is 0 Å². The van der Waals surface area contributed by atoms with Gasteiger partial charge >= 0.3 is 0 Å². The molecule has 0 amide bonds. The summed E-state index contributed by atoms with van der Waals surface area (Å²) in [6.45, 7) is -1.38. The molecule has 0 saturated heterocycles. The number of nitrogens with zero attached hydrogens (tertiary/aromatic N) is 1. The van der Waals surface area contributed by atoms with Crippen molar-refractivity contribution in [2.24, 2.45) is 7.05 Å². The fourth-order valence-corrected chi connectivity index (χ4v) is 6.68. The Kier molecular flexibility index (Phi) is 4.23. The van der Waals surface area contributed by atoms with Crippen LogP contribution in [-0.4, -0.2) is 8.07 Å². The second kappa shape index (κ2) is 10.1. The van der Waals surface area contributed by atoms with E-state index in [4.69, 9.17) is 19.5 Å². The lowest BCUT2D eigenvalue weighted by Crippen LogP contribution is -2.31. The number of hydrogen-bond acceptors (Lipinski definition) is 1. The second-order valence-corrected chi connectivity index (χ2v) is 16.5. The van der Waals surface area contributed by atoms with Crippen LogP contribution in [0.2, 0.25) is 19.6 Å². The minimum Gasteiger partial charge on any atom is -0.454 e. The van der Waals surface area contributed by atoms with E-state index in [1.165, 1.54) is 18.3 Å². The SMILES string of the molecule is [2H]C([2H])([2H])c1c[n+](C)c(-c2c(C)ccc3c2oc2c(-c4ccccc4)cccc23)cc1-c1c(C([2H])([2H])[2H])cc(C([2H])([2H])[Si](C)(C)C)cc1C([2H])([2H])[2H]. The quantitative estimate of drug-likeness (QED) is 0.150. The Hall–Kier alpha value is -3.95. The van der Waals surface area contributed by atoms with Crippen LogP contribution < -0.4 is 4.57 Å². The third-order valence-electron chi connectivity index (χ3n) is 7.42. The van der Waals surface area contributed by atoms with Crippen LogP contribution >= 0.6 is 0 Å². The van der Waals surface area contributed by atoms with Gasteiger partial charge in [-0.15, -0.1) is 0 Å². The monoisotopic (exact) mass is 565 g/mol. The van der Waals surface area contributed by atoms with Gasteiger partial charge in [0.2, 0.25) is 5.69 Å². The van der Waals surface area contributed by atoms with Crippen molar-refractivity contribution >= 4 is 30.0 Å². The van der Waals surface area contributed by atoms with Crippen LogP contribution in [0.1, 0.15) is 42.9 Å². The predicted octanol–water partition coefficient (Wildman–Crippen LogP) is 10.1. The maximum atomic E-state index is 8.99. The third kappa shape index (κ3) is 4.93. The summed E-state index contributed by atoms with van der Waals surface area (Å²) in [7, 11) is -1.01. The van der Waals surface area contributed by atoms with Gasteiger partial charge in [-0.25, -0.2) is 4.57 Å². The first-order valence-corrected chi connectivity index (χ1v) is 17.2. The standard InChI is InChI=1S/C38H40NOSi/c1-24-17-18-32-31-16-12-15-30(29-13-10-9-11-14-29)37(31)40-38(32)36(24)34-21-33(27(4)22-39(34)5)35-25(2)19-28(20-26(35)3)23-41(6,7)8/h9-22H,23H2,1-8H3/q+1/i2D3,3D3,4D3,23D2. The molecule has 3 heteroatoms. The van der Waals surface area contributed by atoms with Crippen molar-refractivity contribution in [1.82, 2.24) is 0 Å². The van der Waals surface area contributed by atoms with E-state index in [1.807, 2.05) is 67.6 Å². The minimum atomic E-state index is -2.92. The Morgan fingerprint density at radius 2 is 1.44 bits per heavy atom. The Morgan fingerprint density at radius 1 is 0.732 bits per heavy atom. The molecule has 2 aromatic heterocycles. The molecule has 0 aliphatic rings. The third-order valence-corrected chi connectivity index (χ3v) is 8.46. The molecule has 2 nitrogen and oxygen atoms in total. The lowest BCUT2D eigenvalue weighted by molar-refractivity contribution is -0.660. The molecule has 0 spiro atoms. The largest absolute Gasteiger partial charge is 0.454 e. The first-order valence-electron chi connectivity index (χ1n) is 19.2. The van der Waals surface area contributed by atoms with Crippen LogP contribution in [0.5, 0.6) is 0 Å². The Bertz CT molecular complexity index is 2310. The van der Waals surface area contributed by atoms with E-state index in [0.29, 0.717) is 22.4 Å². The van der Waals surface area contributed by atoms with Crippen molar-refractivity contribution < 1.29 is 24.1 Å². The molecule has 206 valence electrons. The van der Waals surface area contributed by atoms with Crippen LogP contribution in [0, 0.1) is 27.5 Å². The van der Waals surface area contributed by atoms with Crippen molar-refractivity contribution in [1.29, 1.82) is 0 Å². The molecule has 0 fully saturated rings. The maximum Gasteiger partial charge on any atom is 0.216 e. The van der Waals surface area contributed by atoms with Gasteiger partial charge in [-0.05, 0) is 66.9 Å². The highest BCUT2D eigenvalue weighted by molar-refractivity contribution is 6.75. The predicted molar refractivity (Wildman–Crippen MR) is 177 cm³/mol. The summed E-state index contributed by atoms with van der Waals surface area (Å²) in [6, 6.07) is 23.6. The van der Waals surface area contributed by atoms with Gasteiger partial charge < -0.3 is 4.42 Å². The number of furan rings is 1.